The smallest absolute Gasteiger partial charge is 0.323 e. The predicted octanol–water partition coefficient (Wildman–Crippen LogP) is 0.986. The van der Waals surface area contributed by atoms with Crippen molar-refractivity contribution in [3.05, 3.63) is 36.3 Å². The molecule has 4 fully saturated rings. The van der Waals surface area contributed by atoms with Gasteiger partial charge in [0.05, 0.1) is 30.7 Å². The number of cyclic esters (lactones) is 1. The molecule has 0 aromatic carbocycles. The summed E-state index contributed by atoms with van der Waals surface area (Å²) in [5, 5.41) is 23.0. The van der Waals surface area contributed by atoms with Crippen LogP contribution in [0.1, 0.15) is 44.8 Å². The predicted molar refractivity (Wildman–Crippen MR) is 101 cm³/mol. The normalized spacial score (nSPS) is 46.2. The number of esters is 2. The van der Waals surface area contributed by atoms with Gasteiger partial charge in [0.2, 0.25) is 0 Å². The molecule has 7 atom stereocenters. The Morgan fingerprint density at radius 3 is 2.61 bits per heavy atom. The third kappa shape index (κ3) is 2.45. The molecule has 4 aliphatic rings. The van der Waals surface area contributed by atoms with E-state index in [1.807, 2.05) is 0 Å². The van der Waals surface area contributed by atoms with E-state index in [0.717, 1.165) is 0 Å². The molecule has 31 heavy (non-hydrogen) atoms. The van der Waals surface area contributed by atoms with Gasteiger partial charge in [-0.15, -0.1) is 0 Å². The molecular formula is C22H24O9. The van der Waals surface area contributed by atoms with Crippen LogP contribution >= 0.6 is 0 Å². The van der Waals surface area contributed by atoms with Gasteiger partial charge >= 0.3 is 11.9 Å². The molecule has 7 unspecified atom stereocenters. The first-order valence-corrected chi connectivity index (χ1v) is 10.2. The van der Waals surface area contributed by atoms with Gasteiger partial charge in [0.25, 0.3) is 0 Å². The van der Waals surface area contributed by atoms with Crippen LogP contribution in [0, 0.1) is 11.3 Å². The Bertz CT molecular complexity index is 989. The zero-order chi connectivity index (χ0) is 22.4. The fraction of sp³-hybridized carbons (Fsp3) is 0.591. The Labute approximate surface area is 177 Å². The lowest BCUT2D eigenvalue weighted by molar-refractivity contribution is -0.205. The maximum Gasteiger partial charge on any atom is 0.323 e. The standard InChI is InChI=1S/C22H24O9/c1-11-21(27)9-19(3,26)20(7-15(31-18(20)25)13-4-5-28-8-13)17(24)14(21)6-16(30-12(2)23)22(11)10-29-22/h4-5,8,14-16,26-27H,1,6-7,9-10H2,2-3H3. The van der Waals surface area contributed by atoms with Crippen LogP contribution in [0.3, 0.4) is 0 Å². The van der Waals surface area contributed by atoms with Crippen LogP contribution in [-0.4, -0.2) is 57.4 Å². The number of hydrogen-bond donors (Lipinski definition) is 2. The van der Waals surface area contributed by atoms with Crippen molar-refractivity contribution in [3.63, 3.8) is 0 Å². The highest BCUT2D eigenvalue weighted by Gasteiger charge is 2.77. The number of ether oxygens (including phenoxy) is 3. The van der Waals surface area contributed by atoms with Gasteiger partial charge in [-0.1, -0.05) is 6.58 Å². The summed E-state index contributed by atoms with van der Waals surface area (Å²) in [6.45, 7) is 6.77. The van der Waals surface area contributed by atoms with Crippen LogP contribution < -0.4 is 0 Å². The number of aliphatic hydroxyl groups is 2. The zero-order valence-electron chi connectivity index (χ0n) is 17.3. The van der Waals surface area contributed by atoms with E-state index >= 15 is 0 Å². The van der Waals surface area contributed by atoms with Gasteiger partial charge in [-0.05, 0) is 18.6 Å². The molecule has 2 aliphatic heterocycles. The third-order valence-electron chi connectivity index (χ3n) is 7.62. The molecule has 0 amide bonds. The molecule has 0 bridgehead atoms. The van der Waals surface area contributed by atoms with Crippen LogP contribution in [0.5, 0.6) is 0 Å². The van der Waals surface area contributed by atoms with Crippen LogP contribution in [0.2, 0.25) is 0 Å². The number of ketones is 1. The van der Waals surface area contributed by atoms with E-state index in [0.29, 0.717) is 5.56 Å². The van der Waals surface area contributed by atoms with Crippen LogP contribution in [0.15, 0.2) is 35.2 Å². The summed E-state index contributed by atoms with van der Waals surface area (Å²) in [5.41, 5.74) is -5.92. The Morgan fingerprint density at radius 1 is 1.32 bits per heavy atom. The molecule has 2 N–H and O–H groups in total. The number of Topliss-reactive ketones (excluding diaryl/α,β-unsaturated/α-hetero) is 1. The molecule has 9 nitrogen and oxygen atoms in total. The van der Waals surface area contributed by atoms with Crippen molar-refractivity contribution in [2.24, 2.45) is 11.3 Å². The highest BCUT2D eigenvalue weighted by atomic mass is 16.6. The summed E-state index contributed by atoms with van der Waals surface area (Å²) >= 11 is 0. The first-order valence-electron chi connectivity index (χ1n) is 10.2. The number of rotatable bonds is 2. The second kappa shape index (κ2) is 6.05. The number of carbonyl (C=O) groups is 3. The topological polar surface area (TPSA) is 136 Å². The minimum absolute atomic E-state index is 0.0462. The zero-order valence-corrected chi connectivity index (χ0v) is 17.3. The van der Waals surface area contributed by atoms with Crippen molar-refractivity contribution in [1.82, 2.24) is 0 Å². The van der Waals surface area contributed by atoms with Gasteiger partial charge in [-0.25, -0.2) is 0 Å². The average molecular weight is 432 g/mol. The summed E-state index contributed by atoms with van der Waals surface area (Å²) in [6, 6.07) is 1.63. The van der Waals surface area contributed by atoms with Crippen LogP contribution in [0.25, 0.3) is 0 Å². The summed E-state index contributed by atoms with van der Waals surface area (Å²) < 4.78 is 21.5. The Kier molecular flexibility index (Phi) is 3.99. The Balaban J connectivity index is 1.56. The lowest BCUT2D eigenvalue weighted by Crippen LogP contribution is -2.71. The maximum absolute atomic E-state index is 13.9. The second-order valence-corrected chi connectivity index (χ2v) is 9.34. The lowest BCUT2D eigenvalue weighted by Gasteiger charge is -2.56. The highest BCUT2D eigenvalue weighted by molar-refractivity contribution is 6.09. The largest absolute Gasteiger partial charge is 0.472 e. The van der Waals surface area contributed by atoms with Crippen molar-refractivity contribution >= 4 is 17.7 Å². The van der Waals surface area contributed by atoms with E-state index in [4.69, 9.17) is 18.6 Å². The number of hydrogen-bond acceptors (Lipinski definition) is 9. The summed E-state index contributed by atoms with van der Waals surface area (Å²) in [4.78, 5) is 38.6. The molecular weight excluding hydrogens is 408 g/mol. The average Bonchev–Trinajstić information content (AvgIpc) is 3.11. The molecule has 9 heteroatoms. The molecule has 2 aliphatic carbocycles. The SMILES string of the molecule is C=C1C2(O)CC(C)(O)C3(CC(c4ccoc4)OC3=O)C(=O)C2CC(OC(C)=O)C12CO2. The minimum atomic E-state index is -1.90. The number of carbonyl (C=O) groups excluding carboxylic acids is 3. The molecule has 3 heterocycles. The Morgan fingerprint density at radius 2 is 2.03 bits per heavy atom. The van der Waals surface area contributed by atoms with E-state index < -0.39 is 58.1 Å². The quantitative estimate of drug-likeness (QED) is 0.303. The highest BCUT2D eigenvalue weighted by Crippen LogP contribution is 2.63. The van der Waals surface area contributed by atoms with Crippen molar-refractivity contribution in [2.45, 2.75) is 62.1 Å². The van der Waals surface area contributed by atoms with Crippen molar-refractivity contribution < 1.29 is 43.2 Å². The van der Waals surface area contributed by atoms with Crippen molar-refractivity contribution in [1.29, 1.82) is 0 Å². The molecule has 1 aromatic rings. The van der Waals surface area contributed by atoms with Gasteiger partial charge in [0.1, 0.15) is 17.8 Å². The number of epoxide rings is 1. The minimum Gasteiger partial charge on any atom is -0.472 e. The molecule has 0 radical (unpaired) electrons. The van der Waals surface area contributed by atoms with Gasteiger partial charge in [0.15, 0.2) is 16.8 Å². The first kappa shape index (κ1) is 20.4. The van der Waals surface area contributed by atoms with Crippen molar-refractivity contribution in [3.8, 4) is 0 Å². The van der Waals surface area contributed by atoms with E-state index in [1.54, 1.807) is 6.07 Å². The molecule has 2 saturated carbocycles. The maximum atomic E-state index is 13.9. The summed E-state index contributed by atoms with van der Waals surface area (Å²) in [7, 11) is 0. The van der Waals surface area contributed by atoms with E-state index in [9.17, 15) is 24.6 Å². The van der Waals surface area contributed by atoms with Crippen LogP contribution in [-0.2, 0) is 28.6 Å². The van der Waals surface area contributed by atoms with Gasteiger partial charge in [0, 0.05) is 31.7 Å². The van der Waals surface area contributed by atoms with Gasteiger partial charge in [-0.3, -0.25) is 14.4 Å². The number of fused-ring (bicyclic) bond motifs is 1. The molecule has 2 saturated heterocycles. The summed E-state index contributed by atoms with van der Waals surface area (Å²) in [6.07, 6.45) is 0.822. The number of furan rings is 1. The molecule has 166 valence electrons. The lowest BCUT2D eigenvalue weighted by atomic mass is 9.48. The molecule has 2 spiro atoms. The van der Waals surface area contributed by atoms with E-state index in [2.05, 4.69) is 6.58 Å². The Hall–Kier alpha value is -2.49. The third-order valence-corrected chi connectivity index (χ3v) is 7.62. The monoisotopic (exact) mass is 432 g/mol. The van der Waals surface area contributed by atoms with Crippen LogP contribution in [0.4, 0.5) is 0 Å². The van der Waals surface area contributed by atoms with Gasteiger partial charge < -0.3 is 28.8 Å². The van der Waals surface area contributed by atoms with E-state index in [-0.39, 0.29) is 31.4 Å². The fourth-order valence-electron chi connectivity index (χ4n) is 5.86. The molecule has 5 rings (SSSR count). The summed E-state index contributed by atoms with van der Waals surface area (Å²) in [5.74, 6) is -3.15. The van der Waals surface area contributed by atoms with Gasteiger partial charge in [-0.2, -0.15) is 0 Å². The van der Waals surface area contributed by atoms with Crippen molar-refractivity contribution in [2.75, 3.05) is 6.61 Å². The molecule has 1 aromatic heterocycles. The first-order chi connectivity index (χ1) is 14.5. The van der Waals surface area contributed by atoms with E-state index in [1.165, 1.54) is 26.4 Å². The second-order valence-electron chi connectivity index (χ2n) is 9.34. The fourth-order valence-corrected chi connectivity index (χ4v) is 5.86.